The van der Waals surface area contributed by atoms with E-state index >= 15 is 0 Å². The van der Waals surface area contributed by atoms with Gasteiger partial charge in [-0.05, 0) is 61.7 Å². The zero-order valence-corrected chi connectivity index (χ0v) is 17.8. The molecule has 2 amide bonds. The van der Waals surface area contributed by atoms with Crippen molar-refractivity contribution >= 4 is 61.4 Å². The first-order valence-electron chi connectivity index (χ1n) is 8.31. The molecule has 27 heavy (non-hydrogen) atoms. The SMILES string of the molecule is COc1ccc(Br)cc1C(=O)NC(=S)Nc1sc2c(c1C(N)=O)CCCC2. The van der Waals surface area contributed by atoms with Crippen molar-refractivity contribution in [2.45, 2.75) is 25.7 Å². The topological polar surface area (TPSA) is 93.4 Å². The quantitative estimate of drug-likeness (QED) is 0.596. The minimum absolute atomic E-state index is 0.100. The number of hydrogen-bond acceptors (Lipinski definition) is 5. The molecule has 9 heteroatoms. The Labute approximate surface area is 174 Å². The van der Waals surface area contributed by atoms with Gasteiger partial charge in [-0.2, -0.15) is 0 Å². The van der Waals surface area contributed by atoms with Crippen molar-refractivity contribution in [1.29, 1.82) is 0 Å². The van der Waals surface area contributed by atoms with E-state index in [1.165, 1.54) is 18.4 Å². The van der Waals surface area contributed by atoms with Crippen LogP contribution < -0.4 is 21.1 Å². The molecule has 0 atom stereocenters. The van der Waals surface area contributed by atoms with Crippen molar-refractivity contribution in [2.24, 2.45) is 5.73 Å². The monoisotopic (exact) mass is 467 g/mol. The molecule has 0 saturated carbocycles. The Morgan fingerprint density at radius 2 is 2.04 bits per heavy atom. The van der Waals surface area contributed by atoms with Crippen LogP contribution in [0.4, 0.5) is 5.00 Å². The molecule has 1 aromatic heterocycles. The van der Waals surface area contributed by atoms with Crippen LogP contribution in [0.5, 0.6) is 5.75 Å². The molecule has 2 aromatic rings. The van der Waals surface area contributed by atoms with Crippen LogP contribution in [0.2, 0.25) is 0 Å². The second-order valence-corrected chi connectivity index (χ2v) is 8.46. The van der Waals surface area contributed by atoms with Crippen LogP contribution in [0.15, 0.2) is 22.7 Å². The molecular weight excluding hydrogens is 450 g/mol. The summed E-state index contributed by atoms with van der Waals surface area (Å²) in [6, 6.07) is 5.12. The van der Waals surface area contributed by atoms with Gasteiger partial charge in [-0.3, -0.25) is 14.9 Å². The fraction of sp³-hybridized carbons (Fsp3) is 0.278. The van der Waals surface area contributed by atoms with Crippen LogP contribution in [-0.4, -0.2) is 24.0 Å². The number of nitrogens with two attached hydrogens (primary N) is 1. The average molecular weight is 468 g/mol. The molecule has 1 aliphatic carbocycles. The molecular formula is C18H18BrN3O3S2. The van der Waals surface area contributed by atoms with E-state index in [9.17, 15) is 9.59 Å². The first-order chi connectivity index (χ1) is 12.9. The molecule has 1 heterocycles. The molecule has 142 valence electrons. The average Bonchev–Trinajstić information content (AvgIpc) is 2.99. The van der Waals surface area contributed by atoms with Crippen LogP contribution in [0, 0.1) is 0 Å². The Kier molecular flexibility index (Phi) is 6.13. The van der Waals surface area contributed by atoms with E-state index in [1.807, 2.05) is 0 Å². The van der Waals surface area contributed by atoms with Gasteiger partial charge in [0.2, 0.25) is 0 Å². The molecule has 0 unspecified atom stereocenters. The lowest BCUT2D eigenvalue weighted by molar-refractivity contribution is 0.0972. The Balaban J connectivity index is 1.79. The van der Waals surface area contributed by atoms with Crippen LogP contribution in [0.25, 0.3) is 0 Å². The van der Waals surface area contributed by atoms with Gasteiger partial charge in [-0.1, -0.05) is 15.9 Å². The van der Waals surface area contributed by atoms with E-state index in [2.05, 4.69) is 26.6 Å². The smallest absolute Gasteiger partial charge is 0.261 e. The number of primary amides is 1. The maximum absolute atomic E-state index is 12.6. The number of amides is 2. The lowest BCUT2D eigenvalue weighted by Crippen LogP contribution is -2.34. The van der Waals surface area contributed by atoms with Gasteiger partial charge in [0, 0.05) is 9.35 Å². The Morgan fingerprint density at radius 1 is 1.30 bits per heavy atom. The number of ether oxygens (including phenoxy) is 1. The number of anilines is 1. The molecule has 4 N–H and O–H groups in total. The van der Waals surface area contributed by atoms with Gasteiger partial charge in [0.1, 0.15) is 10.8 Å². The minimum atomic E-state index is -0.486. The van der Waals surface area contributed by atoms with E-state index < -0.39 is 11.8 Å². The molecule has 0 aliphatic heterocycles. The Bertz CT molecular complexity index is 927. The number of rotatable bonds is 4. The molecule has 0 radical (unpaired) electrons. The van der Waals surface area contributed by atoms with Crippen LogP contribution >= 0.6 is 39.5 Å². The number of carbonyl (C=O) groups excluding carboxylic acids is 2. The van der Waals surface area contributed by atoms with Gasteiger partial charge in [0.25, 0.3) is 11.8 Å². The number of hydrogen-bond donors (Lipinski definition) is 3. The van der Waals surface area contributed by atoms with Gasteiger partial charge >= 0.3 is 0 Å². The second-order valence-electron chi connectivity index (χ2n) is 6.03. The number of fused-ring (bicyclic) bond motifs is 1. The third-order valence-electron chi connectivity index (χ3n) is 4.28. The molecule has 0 spiro atoms. The highest BCUT2D eigenvalue weighted by atomic mass is 79.9. The number of benzene rings is 1. The van der Waals surface area contributed by atoms with E-state index in [-0.39, 0.29) is 5.11 Å². The normalized spacial score (nSPS) is 12.8. The van der Waals surface area contributed by atoms with Gasteiger partial charge in [0.05, 0.1) is 18.2 Å². The standard InChI is InChI=1S/C18H18BrN3O3S2/c1-25-12-7-6-9(19)8-11(12)16(24)21-18(26)22-17-14(15(20)23)10-4-2-3-5-13(10)27-17/h6-8H,2-5H2,1H3,(H2,20,23)(H2,21,22,24,26). The summed E-state index contributed by atoms with van der Waals surface area (Å²) >= 11 is 10.1. The number of methoxy groups -OCH3 is 1. The molecule has 1 aromatic carbocycles. The highest BCUT2D eigenvalue weighted by Gasteiger charge is 2.25. The predicted molar refractivity (Wildman–Crippen MR) is 114 cm³/mol. The van der Waals surface area contributed by atoms with Crippen molar-refractivity contribution in [3.8, 4) is 5.75 Å². The fourth-order valence-corrected chi connectivity index (χ4v) is 5.00. The van der Waals surface area contributed by atoms with Crippen molar-refractivity contribution in [2.75, 3.05) is 12.4 Å². The molecule has 6 nitrogen and oxygen atoms in total. The van der Waals surface area contributed by atoms with Crippen molar-refractivity contribution in [3.05, 3.63) is 44.2 Å². The lowest BCUT2D eigenvalue weighted by atomic mass is 9.95. The summed E-state index contributed by atoms with van der Waals surface area (Å²) in [5, 5.41) is 6.28. The van der Waals surface area contributed by atoms with E-state index in [0.717, 1.165) is 40.6 Å². The van der Waals surface area contributed by atoms with Crippen LogP contribution in [0.3, 0.4) is 0 Å². The van der Waals surface area contributed by atoms with Crippen LogP contribution in [0.1, 0.15) is 44.0 Å². The number of carbonyl (C=O) groups is 2. The Morgan fingerprint density at radius 3 is 2.74 bits per heavy atom. The molecule has 3 rings (SSSR count). The fourth-order valence-electron chi connectivity index (χ4n) is 3.08. The van der Waals surface area contributed by atoms with Gasteiger partial charge < -0.3 is 15.8 Å². The summed E-state index contributed by atoms with van der Waals surface area (Å²) in [5.41, 5.74) is 7.41. The van der Waals surface area contributed by atoms with E-state index in [0.29, 0.717) is 21.9 Å². The third-order valence-corrected chi connectivity index (χ3v) is 6.18. The molecule has 0 saturated heterocycles. The maximum atomic E-state index is 12.6. The first kappa shape index (κ1) is 19.8. The summed E-state index contributed by atoms with van der Waals surface area (Å²) in [6.45, 7) is 0. The predicted octanol–water partition coefficient (Wildman–Crippen LogP) is 3.62. The number of halogens is 1. The van der Waals surface area contributed by atoms with Gasteiger partial charge in [-0.15, -0.1) is 11.3 Å². The van der Waals surface area contributed by atoms with E-state index in [4.69, 9.17) is 22.7 Å². The molecule has 0 bridgehead atoms. The summed E-state index contributed by atoms with van der Waals surface area (Å²) in [6.07, 6.45) is 3.89. The third kappa shape index (κ3) is 4.31. The largest absolute Gasteiger partial charge is 0.496 e. The highest BCUT2D eigenvalue weighted by molar-refractivity contribution is 9.10. The summed E-state index contributed by atoms with van der Waals surface area (Å²) in [7, 11) is 1.49. The maximum Gasteiger partial charge on any atom is 0.261 e. The zero-order valence-electron chi connectivity index (χ0n) is 14.6. The molecule has 0 fully saturated rings. The number of aryl methyl sites for hydroxylation is 1. The minimum Gasteiger partial charge on any atom is -0.496 e. The van der Waals surface area contributed by atoms with Crippen molar-refractivity contribution in [3.63, 3.8) is 0 Å². The summed E-state index contributed by atoms with van der Waals surface area (Å²) < 4.78 is 5.97. The van der Waals surface area contributed by atoms with Crippen LogP contribution in [-0.2, 0) is 12.8 Å². The van der Waals surface area contributed by atoms with Crippen molar-refractivity contribution < 1.29 is 14.3 Å². The second kappa shape index (κ2) is 8.37. The number of thiophene rings is 1. The number of nitrogens with one attached hydrogen (secondary N) is 2. The zero-order chi connectivity index (χ0) is 19.6. The molecule has 1 aliphatic rings. The highest BCUT2D eigenvalue weighted by Crippen LogP contribution is 2.37. The van der Waals surface area contributed by atoms with Gasteiger partial charge in [0.15, 0.2) is 5.11 Å². The summed E-state index contributed by atoms with van der Waals surface area (Å²) in [4.78, 5) is 25.7. The van der Waals surface area contributed by atoms with E-state index in [1.54, 1.807) is 18.2 Å². The lowest BCUT2D eigenvalue weighted by Gasteiger charge is -2.12. The van der Waals surface area contributed by atoms with Crippen molar-refractivity contribution in [1.82, 2.24) is 5.32 Å². The van der Waals surface area contributed by atoms with Gasteiger partial charge in [-0.25, -0.2) is 0 Å². The summed E-state index contributed by atoms with van der Waals surface area (Å²) in [5.74, 6) is -0.463. The Hall–Kier alpha value is -1.97. The first-order valence-corrected chi connectivity index (χ1v) is 10.3. The number of thiocarbonyl (C=S) groups is 1.